The van der Waals surface area contributed by atoms with E-state index in [0.29, 0.717) is 5.75 Å². The van der Waals surface area contributed by atoms with Gasteiger partial charge in [0.15, 0.2) is 6.61 Å². The summed E-state index contributed by atoms with van der Waals surface area (Å²) in [6, 6.07) is 13.3. The molecule has 0 saturated heterocycles. The van der Waals surface area contributed by atoms with Crippen molar-refractivity contribution in [3.05, 3.63) is 59.9 Å². The number of nitrogens with one attached hydrogen (secondary N) is 1. The van der Waals surface area contributed by atoms with Crippen LogP contribution >= 0.6 is 0 Å². The highest BCUT2D eigenvalue weighted by atomic mass is 16.5. The Bertz CT molecular complexity index is 838. The van der Waals surface area contributed by atoms with Gasteiger partial charge in [0.25, 0.3) is 5.91 Å². The van der Waals surface area contributed by atoms with Crippen LogP contribution < -0.4 is 10.1 Å². The summed E-state index contributed by atoms with van der Waals surface area (Å²) >= 11 is 0. The van der Waals surface area contributed by atoms with Crippen LogP contribution in [0.4, 0.5) is 5.69 Å². The Kier molecular flexibility index (Phi) is 5.58. The van der Waals surface area contributed by atoms with Crippen molar-refractivity contribution < 1.29 is 9.53 Å². The number of nitrogens with zero attached hydrogens (tertiary/aromatic N) is 4. The van der Waals surface area contributed by atoms with E-state index < -0.39 is 0 Å². The minimum atomic E-state index is -0.176. The van der Waals surface area contributed by atoms with E-state index in [-0.39, 0.29) is 12.5 Å². The fourth-order valence-corrected chi connectivity index (χ4v) is 2.70. The normalized spacial score (nSPS) is 10.5. The Morgan fingerprint density at radius 2 is 1.77 bits per heavy atom. The molecule has 1 aromatic heterocycles. The molecule has 0 saturated carbocycles. The van der Waals surface area contributed by atoms with Crippen molar-refractivity contribution in [3.8, 4) is 11.4 Å². The molecule has 3 aromatic rings. The van der Waals surface area contributed by atoms with Crippen molar-refractivity contribution >= 4 is 11.6 Å². The molecule has 0 spiro atoms. The lowest BCUT2D eigenvalue weighted by molar-refractivity contribution is -0.118. The van der Waals surface area contributed by atoms with Crippen molar-refractivity contribution in [2.24, 2.45) is 0 Å². The number of tetrazole rings is 1. The van der Waals surface area contributed by atoms with Gasteiger partial charge in [-0.05, 0) is 58.7 Å². The molecule has 1 heterocycles. The van der Waals surface area contributed by atoms with Crippen LogP contribution in [-0.4, -0.2) is 32.7 Å². The molecular weight excluding hydrogens is 330 g/mol. The first-order valence-electron chi connectivity index (χ1n) is 8.58. The predicted molar refractivity (Wildman–Crippen MR) is 98.5 cm³/mol. The van der Waals surface area contributed by atoms with Gasteiger partial charge in [-0.1, -0.05) is 32.0 Å². The fraction of sp³-hybridized carbons (Fsp3) is 0.263. The minimum Gasteiger partial charge on any atom is -0.484 e. The second-order valence-electron chi connectivity index (χ2n) is 5.74. The molecule has 0 radical (unpaired) electrons. The monoisotopic (exact) mass is 351 g/mol. The van der Waals surface area contributed by atoms with E-state index in [1.165, 1.54) is 6.33 Å². The van der Waals surface area contributed by atoms with Gasteiger partial charge in [0.2, 0.25) is 0 Å². The maximum atomic E-state index is 12.3. The molecule has 26 heavy (non-hydrogen) atoms. The van der Waals surface area contributed by atoms with E-state index in [1.807, 2.05) is 30.3 Å². The van der Waals surface area contributed by atoms with Crippen LogP contribution in [0.15, 0.2) is 48.8 Å². The van der Waals surface area contributed by atoms with Crippen LogP contribution in [0.1, 0.15) is 25.0 Å². The molecule has 0 atom stereocenters. The number of hydrogen-bond donors (Lipinski definition) is 1. The number of carbonyl (C=O) groups excluding carboxylic acids is 1. The Labute approximate surface area is 152 Å². The molecular formula is C19H21N5O2. The Balaban J connectivity index is 1.61. The van der Waals surface area contributed by atoms with E-state index in [1.54, 1.807) is 16.8 Å². The zero-order valence-electron chi connectivity index (χ0n) is 14.8. The van der Waals surface area contributed by atoms with Crippen molar-refractivity contribution in [1.82, 2.24) is 20.2 Å². The highest BCUT2D eigenvalue weighted by Gasteiger charge is 2.10. The number of carbonyl (C=O) groups is 1. The van der Waals surface area contributed by atoms with E-state index in [4.69, 9.17) is 4.74 Å². The van der Waals surface area contributed by atoms with Crippen molar-refractivity contribution in [1.29, 1.82) is 0 Å². The van der Waals surface area contributed by atoms with Crippen LogP contribution in [0, 0.1) is 0 Å². The number of ether oxygens (including phenoxy) is 1. The topological polar surface area (TPSA) is 81.9 Å². The Morgan fingerprint density at radius 1 is 1.08 bits per heavy atom. The maximum Gasteiger partial charge on any atom is 0.262 e. The molecule has 7 heteroatoms. The first-order chi connectivity index (χ1) is 12.7. The van der Waals surface area contributed by atoms with Gasteiger partial charge in [0.1, 0.15) is 12.1 Å². The van der Waals surface area contributed by atoms with Crippen LogP contribution in [0.2, 0.25) is 0 Å². The number of aryl methyl sites for hydroxylation is 2. The first-order valence-corrected chi connectivity index (χ1v) is 8.58. The summed E-state index contributed by atoms with van der Waals surface area (Å²) in [5.74, 6) is 0.432. The van der Waals surface area contributed by atoms with E-state index in [9.17, 15) is 4.79 Å². The molecule has 2 aromatic carbocycles. The number of hydrogen-bond acceptors (Lipinski definition) is 5. The third-order valence-electron chi connectivity index (χ3n) is 4.08. The summed E-state index contributed by atoms with van der Waals surface area (Å²) in [6.45, 7) is 4.10. The van der Waals surface area contributed by atoms with Gasteiger partial charge < -0.3 is 10.1 Å². The average Bonchev–Trinajstić information content (AvgIpc) is 3.21. The number of benzene rings is 2. The number of aromatic nitrogens is 4. The lowest BCUT2D eigenvalue weighted by Gasteiger charge is -2.14. The van der Waals surface area contributed by atoms with Gasteiger partial charge in [-0.3, -0.25) is 4.79 Å². The Hall–Kier alpha value is -3.22. The standard InChI is InChI=1S/C19H21N5O2/c1-3-14-6-5-7-15(4-2)19(14)21-18(25)12-26-17-10-8-16(9-11-17)24-13-20-22-23-24/h5-11,13H,3-4,12H2,1-2H3,(H,21,25). The Morgan fingerprint density at radius 3 is 2.35 bits per heavy atom. The molecule has 134 valence electrons. The molecule has 0 aliphatic carbocycles. The highest BCUT2D eigenvalue weighted by Crippen LogP contribution is 2.22. The van der Waals surface area contributed by atoms with Gasteiger partial charge in [-0.2, -0.15) is 0 Å². The van der Waals surface area contributed by atoms with Crippen LogP contribution in [0.5, 0.6) is 5.75 Å². The lowest BCUT2D eigenvalue weighted by atomic mass is 10.0. The second-order valence-corrected chi connectivity index (χ2v) is 5.74. The van der Waals surface area contributed by atoms with Crippen LogP contribution in [0.25, 0.3) is 5.69 Å². The zero-order valence-corrected chi connectivity index (χ0v) is 14.8. The summed E-state index contributed by atoms with van der Waals surface area (Å²) in [7, 11) is 0. The smallest absolute Gasteiger partial charge is 0.262 e. The predicted octanol–water partition coefficient (Wildman–Crippen LogP) is 2.80. The number of rotatable bonds is 7. The van der Waals surface area contributed by atoms with Gasteiger partial charge in [0, 0.05) is 5.69 Å². The number of anilines is 1. The molecule has 0 fully saturated rings. The lowest BCUT2D eigenvalue weighted by Crippen LogP contribution is -2.21. The number of para-hydroxylation sites is 1. The zero-order chi connectivity index (χ0) is 18.4. The van der Waals surface area contributed by atoms with Crippen molar-refractivity contribution in [3.63, 3.8) is 0 Å². The molecule has 0 unspecified atom stereocenters. The molecule has 0 aliphatic heterocycles. The van der Waals surface area contributed by atoms with Crippen LogP contribution in [-0.2, 0) is 17.6 Å². The molecule has 1 amide bonds. The molecule has 0 bridgehead atoms. The summed E-state index contributed by atoms with van der Waals surface area (Å²) in [4.78, 5) is 12.3. The maximum absolute atomic E-state index is 12.3. The van der Waals surface area contributed by atoms with Gasteiger partial charge in [-0.25, -0.2) is 4.68 Å². The molecule has 0 aliphatic rings. The average molecular weight is 351 g/mol. The molecule has 7 nitrogen and oxygen atoms in total. The van der Waals surface area contributed by atoms with Gasteiger partial charge in [0.05, 0.1) is 5.69 Å². The summed E-state index contributed by atoms with van der Waals surface area (Å²) < 4.78 is 7.13. The number of amides is 1. The van der Waals surface area contributed by atoms with Crippen molar-refractivity contribution in [2.45, 2.75) is 26.7 Å². The van der Waals surface area contributed by atoms with Gasteiger partial charge in [-0.15, -0.1) is 5.10 Å². The highest BCUT2D eigenvalue weighted by molar-refractivity contribution is 5.93. The third-order valence-corrected chi connectivity index (χ3v) is 4.08. The van der Waals surface area contributed by atoms with Crippen LogP contribution in [0.3, 0.4) is 0 Å². The second kappa shape index (κ2) is 8.24. The summed E-state index contributed by atoms with van der Waals surface area (Å²) in [5, 5.41) is 14.0. The molecule has 1 N–H and O–H groups in total. The van der Waals surface area contributed by atoms with Gasteiger partial charge >= 0.3 is 0 Å². The SMILES string of the molecule is CCc1cccc(CC)c1NC(=O)COc1ccc(-n2cnnn2)cc1. The summed E-state index contributed by atoms with van der Waals surface area (Å²) in [6.07, 6.45) is 3.24. The van der Waals surface area contributed by atoms with Crippen molar-refractivity contribution in [2.75, 3.05) is 11.9 Å². The minimum absolute atomic E-state index is 0.0502. The van der Waals surface area contributed by atoms with E-state index in [0.717, 1.165) is 35.3 Å². The third kappa shape index (κ3) is 4.05. The fourth-order valence-electron chi connectivity index (χ4n) is 2.70. The first kappa shape index (κ1) is 17.6. The quantitative estimate of drug-likeness (QED) is 0.708. The largest absolute Gasteiger partial charge is 0.484 e. The molecule has 3 rings (SSSR count). The van der Waals surface area contributed by atoms with E-state index in [2.05, 4.69) is 34.7 Å². The summed E-state index contributed by atoms with van der Waals surface area (Å²) in [5.41, 5.74) is 3.98. The van der Waals surface area contributed by atoms with E-state index >= 15 is 0 Å².